The summed E-state index contributed by atoms with van der Waals surface area (Å²) in [6.45, 7) is 7.09. The molecule has 96 valence electrons. The van der Waals surface area contributed by atoms with Crippen molar-refractivity contribution in [3.63, 3.8) is 0 Å². The van der Waals surface area contributed by atoms with Crippen LogP contribution >= 0.6 is 0 Å². The van der Waals surface area contributed by atoms with E-state index in [9.17, 15) is 5.11 Å². The number of aliphatic hydroxyl groups excluding tert-OH is 1. The molecular weight excluding hydrogens is 224 g/mol. The number of benzene rings is 1. The molecule has 0 aliphatic heterocycles. The number of nitrogens with zero attached hydrogens (tertiary/aromatic N) is 2. The lowest BCUT2D eigenvalue weighted by Crippen LogP contribution is -2.12. The highest BCUT2D eigenvalue weighted by molar-refractivity contribution is 5.28. The average molecular weight is 244 g/mol. The quantitative estimate of drug-likeness (QED) is 0.901. The van der Waals surface area contributed by atoms with E-state index in [-0.39, 0.29) is 5.41 Å². The van der Waals surface area contributed by atoms with Crippen molar-refractivity contribution >= 4 is 0 Å². The van der Waals surface area contributed by atoms with E-state index in [1.807, 2.05) is 22.9 Å². The first kappa shape index (κ1) is 12.8. The minimum absolute atomic E-state index is 0.147. The molecule has 0 spiro atoms. The zero-order chi connectivity index (χ0) is 13.2. The Hall–Kier alpha value is -1.61. The molecule has 0 aliphatic carbocycles. The van der Waals surface area contributed by atoms with E-state index in [1.165, 1.54) is 5.56 Å². The zero-order valence-corrected chi connectivity index (χ0v) is 11.2. The molecule has 0 amide bonds. The summed E-state index contributed by atoms with van der Waals surface area (Å²) in [7, 11) is 0. The molecule has 0 unspecified atom stereocenters. The molecule has 0 saturated heterocycles. The second-order valence-corrected chi connectivity index (χ2v) is 5.65. The van der Waals surface area contributed by atoms with Crippen LogP contribution in [0.1, 0.15) is 38.0 Å². The summed E-state index contributed by atoms with van der Waals surface area (Å²) in [5, 5.41) is 10.1. The van der Waals surface area contributed by atoms with Crippen molar-refractivity contribution in [2.75, 3.05) is 0 Å². The van der Waals surface area contributed by atoms with Crippen LogP contribution in [0, 0.1) is 0 Å². The maximum absolute atomic E-state index is 10.1. The van der Waals surface area contributed by atoms with Crippen LogP contribution in [-0.2, 0) is 12.0 Å². The molecule has 1 heterocycles. The molecule has 2 rings (SSSR count). The molecule has 1 aromatic carbocycles. The molecule has 3 nitrogen and oxygen atoms in total. The lowest BCUT2D eigenvalue weighted by Gasteiger charge is -2.20. The number of aliphatic hydroxyl groups is 1. The highest BCUT2D eigenvalue weighted by Crippen LogP contribution is 2.24. The third-order valence-electron chi connectivity index (χ3n) is 3.10. The minimum Gasteiger partial charge on any atom is -0.387 e. The topological polar surface area (TPSA) is 38.0 Å². The third-order valence-corrected chi connectivity index (χ3v) is 3.10. The SMILES string of the molecule is CC(C)(C)c1ccc([C@H](O)Cn2ccnc2)cc1. The predicted octanol–water partition coefficient (Wildman–Crippen LogP) is 2.91. The second-order valence-electron chi connectivity index (χ2n) is 5.65. The van der Waals surface area contributed by atoms with Gasteiger partial charge in [-0.3, -0.25) is 0 Å². The van der Waals surface area contributed by atoms with Gasteiger partial charge in [0.2, 0.25) is 0 Å². The number of aromatic nitrogens is 2. The molecule has 18 heavy (non-hydrogen) atoms. The summed E-state index contributed by atoms with van der Waals surface area (Å²) >= 11 is 0. The van der Waals surface area contributed by atoms with Crippen molar-refractivity contribution in [2.24, 2.45) is 0 Å². The number of hydrogen-bond donors (Lipinski definition) is 1. The van der Waals surface area contributed by atoms with Gasteiger partial charge in [0.25, 0.3) is 0 Å². The van der Waals surface area contributed by atoms with Crippen molar-refractivity contribution < 1.29 is 5.11 Å². The van der Waals surface area contributed by atoms with Crippen molar-refractivity contribution in [3.8, 4) is 0 Å². The molecule has 0 saturated carbocycles. The molecule has 0 bridgehead atoms. The van der Waals surface area contributed by atoms with E-state index < -0.39 is 6.10 Å². The summed E-state index contributed by atoms with van der Waals surface area (Å²) in [4.78, 5) is 3.97. The van der Waals surface area contributed by atoms with Crippen molar-refractivity contribution in [2.45, 2.75) is 38.8 Å². The van der Waals surface area contributed by atoms with Crippen molar-refractivity contribution in [3.05, 3.63) is 54.1 Å². The van der Waals surface area contributed by atoms with Crippen LogP contribution < -0.4 is 0 Å². The first-order chi connectivity index (χ1) is 8.47. The van der Waals surface area contributed by atoms with Gasteiger partial charge < -0.3 is 9.67 Å². The Kier molecular flexibility index (Phi) is 3.53. The van der Waals surface area contributed by atoms with Gasteiger partial charge in [0.15, 0.2) is 0 Å². The van der Waals surface area contributed by atoms with E-state index in [2.05, 4.69) is 37.9 Å². The van der Waals surface area contributed by atoms with Gasteiger partial charge in [-0.15, -0.1) is 0 Å². The van der Waals surface area contributed by atoms with Crippen LogP contribution in [0.5, 0.6) is 0 Å². The maximum atomic E-state index is 10.1. The van der Waals surface area contributed by atoms with Crippen LogP contribution in [0.3, 0.4) is 0 Å². The Morgan fingerprint density at radius 3 is 2.39 bits per heavy atom. The lowest BCUT2D eigenvalue weighted by atomic mass is 9.86. The molecule has 0 fully saturated rings. The van der Waals surface area contributed by atoms with E-state index in [1.54, 1.807) is 12.5 Å². The summed E-state index contributed by atoms with van der Waals surface area (Å²) in [6, 6.07) is 8.18. The highest BCUT2D eigenvalue weighted by atomic mass is 16.3. The summed E-state index contributed by atoms with van der Waals surface area (Å²) in [6.07, 6.45) is 4.79. The standard InChI is InChI=1S/C15H20N2O/c1-15(2,3)13-6-4-12(5-7-13)14(18)10-17-9-8-16-11-17/h4-9,11,14,18H,10H2,1-3H3/t14-/m1/s1. The first-order valence-electron chi connectivity index (χ1n) is 6.21. The second kappa shape index (κ2) is 4.94. The Bertz CT molecular complexity index is 480. The molecule has 1 aromatic heterocycles. The van der Waals surface area contributed by atoms with E-state index in [4.69, 9.17) is 0 Å². The number of imidazole rings is 1. The number of rotatable bonds is 3. The van der Waals surface area contributed by atoms with E-state index >= 15 is 0 Å². The van der Waals surface area contributed by atoms with Gasteiger partial charge >= 0.3 is 0 Å². The summed E-state index contributed by atoms with van der Waals surface area (Å²) in [5.41, 5.74) is 2.37. The molecule has 0 radical (unpaired) electrons. The van der Waals surface area contributed by atoms with Gasteiger partial charge in [-0.25, -0.2) is 4.98 Å². The van der Waals surface area contributed by atoms with Gasteiger partial charge in [0.1, 0.15) is 0 Å². The Morgan fingerprint density at radius 2 is 1.89 bits per heavy atom. The van der Waals surface area contributed by atoms with Crippen LogP contribution in [0.25, 0.3) is 0 Å². The van der Waals surface area contributed by atoms with Crippen LogP contribution in [0.4, 0.5) is 0 Å². The van der Waals surface area contributed by atoms with Gasteiger partial charge in [-0.1, -0.05) is 45.0 Å². The monoisotopic (exact) mass is 244 g/mol. The first-order valence-corrected chi connectivity index (χ1v) is 6.21. The third kappa shape index (κ3) is 2.99. The predicted molar refractivity (Wildman–Crippen MR) is 72.3 cm³/mol. The van der Waals surface area contributed by atoms with E-state index in [0.717, 1.165) is 5.56 Å². The summed E-state index contributed by atoms with van der Waals surface area (Å²) < 4.78 is 1.88. The molecular formula is C15H20N2O. The fraction of sp³-hybridized carbons (Fsp3) is 0.400. The Balaban J connectivity index is 2.10. The van der Waals surface area contributed by atoms with Gasteiger partial charge in [-0.2, -0.15) is 0 Å². The maximum Gasteiger partial charge on any atom is 0.0969 e. The molecule has 2 aromatic rings. The molecule has 1 N–H and O–H groups in total. The smallest absolute Gasteiger partial charge is 0.0969 e. The normalized spacial score (nSPS) is 13.6. The van der Waals surface area contributed by atoms with E-state index in [0.29, 0.717) is 6.54 Å². The Morgan fingerprint density at radius 1 is 1.22 bits per heavy atom. The fourth-order valence-electron chi connectivity index (χ4n) is 1.91. The molecule has 0 aliphatic rings. The van der Waals surface area contributed by atoms with Crippen LogP contribution in [-0.4, -0.2) is 14.7 Å². The lowest BCUT2D eigenvalue weighted by molar-refractivity contribution is 0.156. The highest BCUT2D eigenvalue weighted by Gasteiger charge is 2.14. The van der Waals surface area contributed by atoms with Crippen LogP contribution in [0.2, 0.25) is 0 Å². The van der Waals surface area contributed by atoms with Gasteiger partial charge in [0.05, 0.1) is 19.0 Å². The van der Waals surface area contributed by atoms with Gasteiger partial charge in [0, 0.05) is 12.4 Å². The molecule has 1 atom stereocenters. The zero-order valence-electron chi connectivity index (χ0n) is 11.2. The minimum atomic E-state index is -0.492. The average Bonchev–Trinajstić information content (AvgIpc) is 2.81. The Labute approximate surface area is 108 Å². The van der Waals surface area contributed by atoms with Gasteiger partial charge in [-0.05, 0) is 16.5 Å². The molecule has 3 heteroatoms. The number of hydrogen-bond acceptors (Lipinski definition) is 2. The fourth-order valence-corrected chi connectivity index (χ4v) is 1.91. The largest absolute Gasteiger partial charge is 0.387 e. The summed E-state index contributed by atoms with van der Waals surface area (Å²) in [5.74, 6) is 0. The van der Waals surface area contributed by atoms with Crippen molar-refractivity contribution in [1.29, 1.82) is 0 Å². The van der Waals surface area contributed by atoms with Crippen molar-refractivity contribution in [1.82, 2.24) is 9.55 Å². The van der Waals surface area contributed by atoms with Crippen LogP contribution in [0.15, 0.2) is 43.0 Å².